The summed E-state index contributed by atoms with van der Waals surface area (Å²) in [5.41, 5.74) is 5.18. The highest BCUT2D eigenvalue weighted by Gasteiger charge is 2.25. The van der Waals surface area contributed by atoms with Gasteiger partial charge in [0.05, 0.1) is 13.2 Å². The Morgan fingerprint density at radius 1 is 1.12 bits per heavy atom. The number of hydrogen-bond acceptors (Lipinski definition) is 8. The SMILES string of the molecule is COCCN(C(=O)COC(=O)c1ccccn1)c1c(N)n(Cc2ccccc2)c(=O)[nH]c1=O. The van der Waals surface area contributed by atoms with E-state index < -0.39 is 29.7 Å². The molecule has 1 amide bonds. The van der Waals surface area contributed by atoms with Gasteiger partial charge in [0.1, 0.15) is 11.5 Å². The number of hydrogen-bond donors (Lipinski definition) is 2. The first-order chi connectivity index (χ1) is 15.9. The first-order valence-corrected chi connectivity index (χ1v) is 9.96. The van der Waals surface area contributed by atoms with E-state index in [-0.39, 0.29) is 36.9 Å². The van der Waals surface area contributed by atoms with Crippen LogP contribution in [0.2, 0.25) is 0 Å². The molecule has 0 unspecified atom stereocenters. The molecule has 1 aromatic carbocycles. The third kappa shape index (κ3) is 5.71. The van der Waals surface area contributed by atoms with Gasteiger partial charge in [0.25, 0.3) is 11.5 Å². The van der Waals surface area contributed by atoms with Crippen LogP contribution in [0, 0.1) is 0 Å². The predicted molar refractivity (Wildman–Crippen MR) is 120 cm³/mol. The number of H-pyrrole nitrogens is 1. The number of carbonyl (C=O) groups excluding carboxylic acids is 2. The summed E-state index contributed by atoms with van der Waals surface area (Å²) in [5.74, 6) is -1.72. The van der Waals surface area contributed by atoms with Crippen molar-refractivity contribution >= 4 is 23.4 Å². The highest BCUT2D eigenvalue weighted by molar-refractivity contribution is 5.98. The van der Waals surface area contributed by atoms with Gasteiger partial charge >= 0.3 is 11.7 Å². The van der Waals surface area contributed by atoms with E-state index in [1.54, 1.807) is 36.4 Å². The second kappa shape index (κ2) is 10.9. The molecule has 0 atom stereocenters. The van der Waals surface area contributed by atoms with Crippen molar-refractivity contribution in [1.29, 1.82) is 0 Å². The van der Waals surface area contributed by atoms with Crippen molar-refractivity contribution in [2.24, 2.45) is 0 Å². The highest BCUT2D eigenvalue weighted by Crippen LogP contribution is 2.18. The fourth-order valence-electron chi connectivity index (χ4n) is 3.07. The minimum Gasteiger partial charge on any atom is -0.451 e. The van der Waals surface area contributed by atoms with Crippen molar-refractivity contribution in [1.82, 2.24) is 14.5 Å². The number of carbonyl (C=O) groups is 2. The molecule has 11 nitrogen and oxygen atoms in total. The van der Waals surface area contributed by atoms with Gasteiger partial charge in [-0.25, -0.2) is 14.6 Å². The molecule has 0 saturated heterocycles. The Balaban J connectivity index is 1.90. The summed E-state index contributed by atoms with van der Waals surface area (Å²) in [6.45, 7) is -0.587. The summed E-state index contributed by atoms with van der Waals surface area (Å²) in [5, 5.41) is 0. The standard InChI is InChI=1S/C22H23N5O6/c1-32-12-11-26(17(28)14-33-21(30)16-9-5-6-10-24-16)18-19(23)27(22(31)25-20(18)29)13-15-7-3-2-4-8-15/h2-10H,11-14,23H2,1H3,(H,25,29,31). The molecule has 0 bridgehead atoms. The quantitative estimate of drug-likeness (QED) is 0.442. The fraction of sp³-hybridized carbons (Fsp3) is 0.227. The Kier molecular flexibility index (Phi) is 7.71. The van der Waals surface area contributed by atoms with Gasteiger partial charge in [0.2, 0.25) is 0 Å². The molecule has 3 aromatic rings. The van der Waals surface area contributed by atoms with Gasteiger partial charge < -0.3 is 15.2 Å². The fourth-order valence-corrected chi connectivity index (χ4v) is 3.07. The average Bonchev–Trinajstić information content (AvgIpc) is 2.83. The molecule has 0 aliphatic carbocycles. The van der Waals surface area contributed by atoms with Crippen molar-refractivity contribution in [3.63, 3.8) is 0 Å². The zero-order chi connectivity index (χ0) is 23.8. The molecule has 0 fully saturated rings. The van der Waals surface area contributed by atoms with Crippen LogP contribution in [-0.2, 0) is 20.8 Å². The molecule has 0 aliphatic rings. The molecular weight excluding hydrogens is 430 g/mol. The van der Waals surface area contributed by atoms with Gasteiger partial charge in [-0.15, -0.1) is 0 Å². The van der Waals surface area contributed by atoms with Crippen LogP contribution in [-0.4, -0.2) is 53.3 Å². The van der Waals surface area contributed by atoms with E-state index in [9.17, 15) is 19.2 Å². The van der Waals surface area contributed by atoms with Crippen molar-refractivity contribution in [3.05, 3.63) is 86.8 Å². The number of amides is 1. The second-order valence-electron chi connectivity index (χ2n) is 6.89. The van der Waals surface area contributed by atoms with Crippen LogP contribution in [0.5, 0.6) is 0 Å². The molecule has 33 heavy (non-hydrogen) atoms. The number of aromatic nitrogens is 3. The van der Waals surface area contributed by atoms with Crippen LogP contribution in [0.4, 0.5) is 11.5 Å². The Labute approximate surface area is 188 Å². The van der Waals surface area contributed by atoms with E-state index in [0.717, 1.165) is 15.0 Å². The van der Waals surface area contributed by atoms with Crippen molar-refractivity contribution in [2.45, 2.75) is 6.54 Å². The number of benzene rings is 1. The molecular formula is C22H23N5O6. The molecule has 0 saturated carbocycles. The van der Waals surface area contributed by atoms with Gasteiger partial charge in [-0.1, -0.05) is 36.4 Å². The molecule has 2 heterocycles. The monoisotopic (exact) mass is 453 g/mol. The number of nitrogens with one attached hydrogen (secondary N) is 1. The maximum Gasteiger partial charge on any atom is 0.357 e. The number of aromatic amines is 1. The minimum absolute atomic E-state index is 0.0301. The first-order valence-electron chi connectivity index (χ1n) is 9.96. The zero-order valence-corrected chi connectivity index (χ0v) is 17.9. The third-order valence-corrected chi connectivity index (χ3v) is 4.69. The summed E-state index contributed by atoms with van der Waals surface area (Å²) in [4.78, 5) is 57.2. The lowest BCUT2D eigenvalue weighted by Gasteiger charge is -2.24. The van der Waals surface area contributed by atoms with E-state index in [4.69, 9.17) is 15.2 Å². The van der Waals surface area contributed by atoms with Crippen LogP contribution >= 0.6 is 0 Å². The van der Waals surface area contributed by atoms with Crippen LogP contribution in [0.1, 0.15) is 16.1 Å². The largest absolute Gasteiger partial charge is 0.451 e. The molecule has 0 aliphatic heterocycles. The number of nitrogens with two attached hydrogens (primary N) is 1. The molecule has 3 N–H and O–H groups in total. The van der Waals surface area contributed by atoms with Crippen LogP contribution in [0.15, 0.2) is 64.3 Å². The van der Waals surface area contributed by atoms with Crippen molar-refractivity contribution < 1.29 is 19.1 Å². The van der Waals surface area contributed by atoms with Gasteiger partial charge in [-0.2, -0.15) is 0 Å². The highest BCUT2D eigenvalue weighted by atomic mass is 16.5. The predicted octanol–water partition coefficient (Wildman–Crippen LogP) is 0.398. The Hall–Kier alpha value is -4.25. The number of pyridine rings is 1. The first kappa shape index (κ1) is 23.4. The number of ether oxygens (including phenoxy) is 2. The number of anilines is 2. The van der Waals surface area contributed by atoms with E-state index in [2.05, 4.69) is 9.97 Å². The normalized spacial score (nSPS) is 10.6. The lowest BCUT2D eigenvalue weighted by Crippen LogP contribution is -2.44. The third-order valence-electron chi connectivity index (χ3n) is 4.69. The molecule has 172 valence electrons. The number of nitrogen functional groups attached to an aromatic ring is 1. The van der Waals surface area contributed by atoms with Gasteiger partial charge in [0, 0.05) is 19.9 Å². The lowest BCUT2D eigenvalue weighted by atomic mass is 10.2. The minimum atomic E-state index is -0.845. The zero-order valence-electron chi connectivity index (χ0n) is 17.9. The van der Waals surface area contributed by atoms with Gasteiger partial charge in [-0.3, -0.25) is 24.0 Å². The summed E-state index contributed by atoms with van der Waals surface area (Å²) < 4.78 is 11.2. The maximum atomic E-state index is 12.9. The van der Waals surface area contributed by atoms with Crippen LogP contribution < -0.4 is 21.9 Å². The Morgan fingerprint density at radius 2 is 1.85 bits per heavy atom. The lowest BCUT2D eigenvalue weighted by molar-refractivity contribution is -0.121. The summed E-state index contributed by atoms with van der Waals surface area (Å²) in [6.07, 6.45) is 1.42. The maximum absolute atomic E-state index is 12.9. The van der Waals surface area contributed by atoms with Crippen molar-refractivity contribution in [3.8, 4) is 0 Å². The number of nitrogens with zero attached hydrogens (tertiary/aromatic N) is 3. The van der Waals surface area contributed by atoms with E-state index in [1.807, 2.05) is 6.07 Å². The number of esters is 1. The Bertz CT molecular complexity index is 1220. The van der Waals surface area contributed by atoms with E-state index in [0.29, 0.717) is 0 Å². The molecule has 0 spiro atoms. The van der Waals surface area contributed by atoms with Crippen LogP contribution in [0.3, 0.4) is 0 Å². The van der Waals surface area contributed by atoms with Crippen LogP contribution in [0.25, 0.3) is 0 Å². The molecule has 0 radical (unpaired) electrons. The summed E-state index contributed by atoms with van der Waals surface area (Å²) in [6, 6.07) is 13.7. The molecule has 11 heteroatoms. The second-order valence-corrected chi connectivity index (χ2v) is 6.89. The van der Waals surface area contributed by atoms with Gasteiger partial charge in [-0.05, 0) is 17.7 Å². The smallest absolute Gasteiger partial charge is 0.357 e. The average molecular weight is 453 g/mol. The number of rotatable bonds is 9. The molecule has 3 rings (SSSR count). The van der Waals surface area contributed by atoms with E-state index >= 15 is 0 Å². The Morgan fingerprint density at radius 3 is 2.52 bits per heavy atom. The van der Waals surface area contributed by atoms with E-state index in [1.165, 1.54) is 19.4 Å². The van der Waals surface area contributed by atoms with Gasteiger partial charge in [0.15, 0.2) is 12.3 Å². The van der Waals surface area contributed by atoms with Crippen molar-refractivity contribution in [2.75, 3.05) is 37.5 Å². The molecule has 2 aromatic heterocycles. The summed E-state index contributed by atoms with van der Waals surface area (Å²) >= 11 is 0. The number of methoxy groups -OCH3 is 1. The topological polar surface area (TPSA) is 150 Å². The summed E-state index contributed by atoms with van der Waals surface area (Å²) in [7, 11) is 1.42.